The first-order valence-corrected chi connectivity index (χ1v) is 9.76. The molecule has 4 heteroatoms. The van der Waals surface area contributed by atoms with Gasteiger partial charge in [-0.1, -0.05) is 36.4 Å². The van der Waals surface area contributed by atoms with Gasteiger partial charge in [-0.15, -0.1) is 11.8 Å². The topological polar surface area (TPSA) is 30.3 Å². The number of hydrogen-bond donors (Lipinski definition) is 1. The normalized spacial score (nSPS) is 11.8. The van der Waals surface area contributed by atoms with Crippen LogP contribution < -0.4 is 9.80 Å². The Hall–Kier alpha value is -2.72. The molecular weight excluding hydrogens is 338 g/mol. The van der Waals surface area contributed by atoms with Gasteiger partial charge in [0.05, 0.1) is 5.69 Å². The molecule has 0 bridgehead atoms. The Morgan fingerprint density at radius 3 is 2.38 bits per heavy atom. The van der Waals surface area contributed by atoms with Crippen molar-refractivity contribution in [3.63, 3.8) is 0 Å². The molecule has 0 heterocycles. The first-order chi connectivity index (χ1) is 12.6. The maximum Gasteiger partial charge on any atom is 0.202 e. The minimum Gasteiger partial charge on any atom is -0.316 e. The minimum absolute atomic E-state index is 0.440. The van der Waals surface area contributed by atoms with Crippen LogP contribution in [-0.2, 0) is 0 Å². The molecule has 0 amide bonds. The molecule has 3 aromatic rings. The number of guanidine groups is 1. The molecule has 1 aliphatic rings. The zero-order chi connectivity index (χ0) is 18.3. The van der Waals surface area contributed by atoms with E-state index >= 15 is 0 Å². The largest absolute Gasteiger partial charge is 0.316 e. The van der Waals surface area contributed by atoms with Crippen LogP contribution in [0.2, 0.25) is 0 Å². The third-order valence-corrected chi connectivity index (χ3v) is 5.72. The lowest BCUT2D eigenvalue weighted by Gasteiger charge is -2.29. The second-order valence-electron chi connectivity index (χ2n) is 6.42. The SMILES string of the molecule is CSc1ccc(N(C)C(=N)N(C)c2ccc3cccc4c3c2C=C4)cc1. The quantitative estimate of drug-likeness (QED) is 0.295. The molecule has 0 aromatic heterocycles. The van der Waals surface area contributed by atoms with E-state index in [0.29, 0.717) is 5.96 Å². The molecule has 4 rings (SSSR count). The summed E-state index contributed by atoms with van der Waals surface area (Å²) in [5.74, 6) is 0.440. The molecule has 1 aliphatic carbocycles. The van der Waals surface area contributed by atoms with E-state index in [1.807, 2.05) is 23.9 Å². The lowest BCUT2D eigenvalue weighted by molar-refractivity contribution is 1.11. The van der Waals surface area contributed by atoms with E-state index in [1.165, 1.54) is 26.8 Å². The molecule has 0 spiro atoms. The van der Waals surface area contributed by atoms with Crippen LogP contribution in [0.1, 0.15) is 11.1 Å². The predicted molar refractivity (Wildman–Crippen MR) is 116 cm³/mol. The zero-order valence-corrected chi connectivity index (χ0v) is 16.0. The van der Waals surface area contributed by atoms with Crippen molar-refractivity contribution in [2.75, 3.05) is 30.2 Å². The molecule has 0 fully saturated rings. The highest BCUT2D eigenvalue weighted by molar-refractivity contribution is 7.98. The van der Waals surface area contributed by atoms with Gasteiger partial charge in [0.2, 0.25) is 5.96 Å². The summed E-state index contributed by atoms with van der Waals surface area (Å²) in [6, 6.07) is 18.9. The number of rotatable bonds is 3. The fraction of sp³-hybridized carbons (Fsp3) is 0.136. The maximum atomic E-state index is 8.69. The average molecular weight is 359 g/mol. The summed E-state index contributed by atoms with van der Waals surface area (Å²) in [4.78, 5) is 5.08. The molecule has 26 heavy (non-hydrogen) atoms. The first kappa shape index (κ1) is 16.7. The van der Waals surface area contributed by atoms with Crippen LogP contribution in [0.4, 0.5) is 11.4 Å². The Labute approximate surface area is 158 Å². The van der Waals surface area contributed by atoms with Crippen LogP contribution in [0.5, 0.6) is 0 Å². The minimum atomic E-state index is 0.440. The van der Waals surface area contributed by atoms with Crippen LogP contribution in [0.3, 0.4) is 0 Å². The Morgan fingerprint density at radius 1 is 0.885 bits per heavy atom. The monoisotopic (exact) mass is 359 g/mol. The highest BCUT2D eigenvalue weighted by Gasteiger charge is 2.19. The Bertz CT molecular complexity index is 1020. The van der Waals surface area contributed by atoms with Crippen LogP contribution in [0, 0.1) is 5.41 Å². The van der Waals surface area contributed by atoms with Crippen molar-refractivity contribution in [2.45, 2.75) is 4.90 Å². The van der Waals surface area contributed by atoms with E-state index < -0.39 is 0 Å². The molecule has 0 radical (unpaired) electrons. The maximum absolute atomic E-state index is 8.69. The van der Waals surface area contributed by atoms with Crippen molar-refractivity contribution in [3.8, 4) is 0 Å². The number of nitrogens with zero attached hydrogens (tertiary/aromatic N) is 2. The Morgan fingerprint density at radius 2 is 1.65 bits per heavy atom. The summed E-state index contributed by atoms with van der Waals surface area (Å²) >= 11 is 1.72. The molecule has 3 nitrogen and oxygen atoms in total. The Balaban J connectivity index is 1.67. The number of anilines is 2. The standard InChI is InChI=1S/C22H21N3S/c1-24(17-9-11-18(26-3)12-10-17)22(23)25(2)20-14-8-16-6-4-5-15-7-13-19(20)21(15)16/h4-14,23H,1-3H3. The molecule has 0 aliphatic heterocycles. The highest BCUT2D eigenvalue weighted by Crippen LogP contribution is 2.37. The summed E-state index contributed by atoms with van der Waals surface area (Å²) in [6.45, 7) is 0. The third-order valence-electron chi connectivity index (χ3n) is 4.98. The van der Waals surface area contributed by atoms with E-state index in [0.717, 1.165) is 11.4 Å². The lowest BCUT2D eigenvalue weighted by atomic mass is 10.0. The lowest BCUT2D eigenvalue weighted by Crippen LogP contribution is -2.39. The van der Waals surface area contributed by atoms with E-state index in [2.05, 4.69) is 73.0 Å². The van der Waals surface area contributed by atoms with E-state index in [9.17, 15) is 0 Å². The number of nitrogens with one attached hydrogen (secondary N) is 1. The van der Waals surface area contributed by atoms with Gasteiger partial charge in [0.15, 0.2) is 0 Å². The van der Waals surface area contributed by atoms with Crippen molar-refractivity contribution in [3.05, 3.63) is 65.7 Å². The van der Waals surface area contributed by atoms with Gasteiger partial charge >= 0.3 is 0 Å². The van der Waals surface area contributed by atoms with Gasteiger partial charge in [0.1, 0.15) is 0 Å². The van der Waals surface area contributed by atoms with Crippen LogP contribution in [0.25, 0.3) is 22.9 Å². The number of hydrogen-bond acceptors (Lipinski definition) is 2. The summed E-state index contributed by atoms with van der Waals surface area (Å²) in [6.07, 6.45) is 6.38. The van der Waals surface area contributed by atoms with Gasteiger partial charge in [-0.05, 0) is 52.9 Å². The van der Waals surface area contributed by atoms with E-state index in [4.69, 9.17) is 5.41 Å². The van der Waals surface area contributed by atoms with Crippen molar-refractivity contribution in [1.82, 2.24) is 0 Å². The molecule has 0 saturated heterocycles. The Kier molecular flexibility index (Phi) is 4.21. The smallest absolute Gasteiger partial charge is 0.202 e. The summed E-state index contributed by atoms with van der Waals surface area (Å²) < 4.78 is 0. The summed E-state index contributed by atoms with van der Waals surface area (Å²) in [5, 5.41) is 11.2. The molecule has 0 saturated carbocycles. The van der Waals surface area contributed by atoms with Gasteiger partial charge in [-0.2, -0.15) is 0 Å². The number of thioether (sulfide) groups is 1. The molecule has 130 valence electrons. The zero-order valence-electron chi connectivity index (χ0n) is 15.2. The van der Waals surface area contributed by atoms with Crippen LogP contribution in [-0.4, -0.2) is 26.3 Å². The van der Waals surface area contributed by atoms with Gasteiger partial charge < -0.3 is 9.80 Å². The molecule has 0 unspecified atom stereocenters. The van der Waals surface area contributed by atoms with Gasteiger partial charge in [-0.25, -0.2) is 0 Å². The second kappa shape index (κ2) is 6.54. The molecule has 0 atom stereocenters. The number of benzene rings is 3. The fourth-order valence-corrected chi connectivity index (χ4v) is 3.87. The summed E-state index contributed by atoms with van der Waals surface area (Å²) in [7, 11) is 3.90. The van der Waals surface area contributed by atoms with Gasteiger partial charge in [0, 0.05) is 30.2 Å². The molecule has 3 aromatic carbocycles. The molecular formula is C22H21N3S. The first-order valence-electron chi connectivity index (χ1n) is 8.54. The van der Waals surface area contributed by atoms with Crippen molar-refractivity contribution >= 4 is 52.0 Å². The average Bonchev–Trinajstić information content (AvgIpc) is 3.12. The second-order valence-corrected chi connectivity index (χ2v) is 7.30. The van der Waals surface area contributed by atoms with Gasteiger partial charge in [0.25, 0.3) is 0 Å². The molecule has 1 N–H and O–H groups in total. The van der Waals surface area contributed by atoms with E-state index in [1.54, 1.807) is 11.8 Å². The van der Waals surface area contributed by atoms with Crippen molar-refractivity contribution < 1.29 is 0 Å². The highest BCUT2D eigenvalue weighted by atomic mass is 32.2. The van der Waals surface area contributed by atoms with Crippen molar-refractivity contribution in [1.29, 1.82) is 5.41 Å². The van der Waals surface area contributed by atoms with E-state index in [-0.39, 0.29) is 0 Å². The summed E-state index contributed by atoms with van der Waals surface area (Å²) in [5.41, 5.74) is 4.50. The fourth-order valence-electron chi connectivity index (χ4n) is 3.47. The van der Waals surface area contributed by atoms with Crippen LogP contribution >= 0.6 is 11.8 Å². The van der Waals surface area contributed by atoms with Gasteiger partial charge in [-0.3, -0.25) is 5.41 Å². The predicted octanol–water partition coefficient (Wildman–Crippen LogP) is 5.55. The van der Waals surface area contributed by atoms with Crippen molar-refractivity contribution in [2.24, 2.45) is 0 Å². The van der Waals surface area contributed by atoms with Crippen LogP contribution in [0.15, 0.2) is 59.5 Å². The third kappa shape index (κ3) is 2.67.